The molecule has 0 saturated heterocycles. The molecule has 5 heteroatoms. The van der Waals surface area contributed by atoms with Gasteiger partial charge >= 0.3 is 0 Å². The molecule has 4 nitrogen and oxygen atoms in total. The molecular weight excluding hydrogens is 272 g/mol. The first-order valence-electron chi connectivity index (χ1n) is 7.37. The van der Waals surface area contributed by atoms with E-state index in [1.54, 1.807) is 0 Å². The number of rotatable bonds is 9. The summed E-state index contributed by atoms with van der Waals surface area (Å²) in [6, 6.07) is 8.52. The first-order chi connectivity index (χ1) is 9.59. The molecule has 1 fully saturated rings. The molecule has 112 valence electrons. The molecule has 0 aliphatic heterocycles. The van der Waals surface area contributed by atoms with Gasteiger partial charge in [0.15, 0.2) is 0 Å². The SMILES string of the molecule is CCCCNS(=O)(=O)Cc1ccc(CNC2CC2)cc1. The van der Waals surface area contributed by atoms with Gasteiger partial charge in [0.05, 0.1) is 5.75 Å². The Labute approximate surface area is 122 Å². The van der Waals surface area contributed by atoms with Crippen LogP contribution in [0, 0.1) is 0 Å². The number of nitrogens with one attached hydrogen (secondary N) is 2. The Balaban J connectivity index is 1.82. The van der Waals surface area contributed by atoms with Gasteiger partial charge in [-0.05, 0) is 30.4 Å². The van der Waals surface area contributed by atoms with E-state index < -0.39 is 10.0 Å². The fourth-order valence-electron chi connectivity index (χ4n) is 1.98. The van der Waals surface area contributed by atoms with Crippen LogP contribution in [0.4, 0.5) is 0 Å². The van der Waals surface area contributed by atoms with Gasteiger partial charge in [0.1, 0.15) is 0 Å². The largest absolute Gasteiger partial charge is 0.310 e. The van der Waals surface area contributed by atoms with Gasteiger partial charge in [-0.25, -0.2) is 13.1 Å². The van der Waals surface area contributed by atoms with E-state index in [1.165, 1.54) is 18.4 Å². The van der Waals surface area contributed by atoms with E-state index >= 15 is 0 Å². The second kappa shape index (κ2) is 7.20. The molecule has 0 spiro atoms. The lowest BCUT2D eigenvalue weighted by Crippen LogP contribution is -2.26. The molecule has 0 aromatic heterocycles. The van der Waals surface area contributed by atoms with Crippen LogP contribution in [0.3, 0.4) is 0 Å². The maximum atomic E-state index is 11.9. The van der Waals surface area contributed by atoms with Crippen molar-refractivity contribution >= 4 is 10.0 Å². The molecule has 0 bridgehead atoms. The third kappa shape index (κ3) is 5.61. The number of hydrogen-bond donors (Lipinski definition) is 2. The molecule has 20 heavy (non-hydrogen) atoms. The quantitative estimate of drug-likeness (QED) is 0.687. The Morgan fingerprint density at radius 3 is 2.40 bits per heavy atom. The first kappa shape index (κ1) is 15.5. The van der Waals surface area contributed by atoms with Crippen LogP contribution in [0.5, 0.6) is 0 Å². The van der Waals surface area contributed by atoms with Crippen molar-refractivity contribution in [3.63, 3.8) is 0 Å². The summed E-state index contributed by atoms with van der Waals surface area (Å²) < 4.78 is 26.4. The molecule has 2 N–H and O–H groups in total. The molecule has 1 aliphatic carbocycles. The molecule has 0 radical (unpaired) electrons. The summed E-state index contributed by atoms with van der Waals surface area (Å²) in [4.78, 5) is 0. The Bertz CT molecular complexity index is 507. The van der Waals surface area contributed by atoms with Crippen molar-refractivity contribution in [2.45, 2.75) is 50.9 Å². The van der Waals surface area contributed by atoms with Crippen LogP contribution in [0.2, 0.25) is 0 Å². The number of sulfonamides is 1. The minimum absolute atomic E-state index is 0.0625. The van der Waals surface area contributed by atoms with Crippen LogP contribution in [-0.2, 0) is 22.3 Å². The van der Waals surface area contributed by atoms with Gasteiger partial charge in [0.2, 0.25) is 10.0 Å². The van der Waals surface area contributed by atoms with Crippen molar-refractivity contribution in [3.05, 3.63) is 35.4 Å². The molecule has 1 aliphatic rings. The van der Waals surface area contributed by atoms with E-state index in [0.717, 1.165) is 24.9 Å². The lowest BCUT2D eigenvalue weighted by molar-refractivity contribution is 0.577. The molecule has 0 atom stereocenters. The van der Waals surface area contributed by atoms with Crippen molar-refractivity contribution in [1.82, 2.24) is 10.0 Å². The fourth-order valence-corrected chi connectivity index (χ4v) is 3.17. The summed E-state index contributed by atoms with van der Waals surface area (Å²) in [7, 11) is -3.20. The fraction of sp³-hybridized carbons (Fsp3) is 0.600. The van der Waals surface area contributed by atoms with Crippen molar-refractivity contribution < 1.29 is 8.42 Å². The summed E-state index contributed by atoms with van der Waals surface area (Å²) >= 11 is 0. The topological polar surface area (TPSA) is 58.2 Å². The number of unbranched alkanes of at least 4 members (excludes halogenated alkanes) is 1. The van der Waals surface area contributed by atoms with Crippen LogP contribution in [-0.4, -0.2) is 21.0 Å². The highest BCUT2D eigenvalue weighted by molar-refractivity contribution is 7.88. The van der Waals surface area contributed by atoms with E-state index in [9.17, 15) is 8.42 Å². The molecular formula is C15H24N2O2S. The lowest BCUT2D eigenvalue weighted by Gasteiger charge is -2.07. The zero-order chi connectivity index (χ0) is 14.4. The average molecular weight is 296 g/mol. The molecule has 0 unspecified atom stereocenters. The third-order valence-corrected chi connectivity index (χ3v) is 4.76. The van der Waals surface area contributed by atoms with Gasteiger partial charge in [-0.2, -0.15) is 0 Å². The maximum absolute atomic E-state index is 11.9. The second-order valence-corrected chi connectivity index (χ2v) is 7.29. The van der Waals surface area contributed by atoms with E-state index in [1.807, 2.05) is 31.2 Å². The van der Waals surface area contributed by atoms with E-state index in [0.29, 0.717) is 12.6 Å². The zero-order valence-corrected chi connectivity index (χ0v) is 12.9. The third-order valence-electron chi connectivity index (χ3n) is 3.40. The van der Waals surface area contributed by atoms with E-state index in [4.69, 9.17) is 0 Å². The highest BCUT2D eigenvalue weighted by Gasteiger charge is 2.19. The van der Waals surface area contributed by atoms with E-state index in [-0.39, 0.29) is 5.75 Å². The minimum atomic E-state index is -3.20. The van der Waals surface area contributed by atoms with Crippen molar-refractivity contribution in [2.24, 2.45) is 0 Å². The summed E-state index contributed by atoms with van der Waals surface area (Å²) in [6.07, 6.45) is 4.43. The number of benzene rings is 1. The first-order valence-corrected chi connectivity index (χ1v) is 9.03. The normalized spacial score (nSPS) is 15.4. The number of hydrogen-bond acceptors (Lipinski definition) is 3. The highest BCUT2D eigenvalue weighted by atomic mass is 32.2. The summed E-state index contributed by atoms with van der Waals surface area (Å²) in [5.41, 5.74) is 2.04. The summed E-state index contributed by atoms with van der Waals surface area (Å²) in [5, 5.41) is 3.44. The average Bonchev–Trinajstić information content (AvgIpc) is 3.22. The van der Waals surface area contributed by atoms with E-state index in [2.05, 4.69) is 10.0 Å². The smallest absolute Gasteiger partial charge is 0.215 e. The minimum Gasteiger partial charge on any atom is -0.310 e. The van der Waals surface area contributed by atoms with Crippen LogP contribution in [0.25, 0.3) is 0 Å². The van der Waals surface area contributed by atoms with Gasteiger partial charge in [-0.15, -0.1) is 0 Å². The van der Waals surface area contributed by atoms with Gasteiger partial charge in [-0.1, -0.05) is 37.6 Å². The van der Waals surface area contributed by atoms with Crippen LogP contribution < -0.4 is 10.0 Å². The Hall–Kier alpha value is -0.910. The molecule has 1 aromatic carbocycles. The zero-order valence-electron chi connectivity index (χ0n) is 12.1. The highest BCUT2D eigenvalue weighted by Crippen LogP contribution is 2.19. The Morgan fingerprint density at radius 2 is 1.80 bits per heavy atom. The summed E-state index contributed by atoms with van der Waals surface area (Å²) in [6.45, 7) is 3.44. The van der Waals surface area contributed by atoms with Crippen molar-refractivity contribution in [1.29, 1.82) is 0 Å². The van der Waals surface area contributed by atoms with Gasteiger partial charge in [0.25, 0.3) is 0 Å². The predicted octanol–water partition coefficient (Wildman–Crippen LogP) is 2.16. The standard InChI is InChI=1S/C15H24N2O2S/c1-2-3-10-17-20(18,19)12-14-6-4-13(5-7-14)11-16-15-8-9-15/h4-7,15-17H,2-3,8-12H2,1H3. The van der Waals surface area contributed by atoms with Gasteiger partial charge < -0.3 is 5.32 Å². The molecule has 0 heterocycles. The maximum Gasteiger partial charge on any atom is 0.215 e. The van der Waals surface area contributed by atoms with Gasteiger partial charge in [-0.3, -0.25) is 0 Å². The van der Waals surface area contributed by atoms with Crippen LogP contribution in [0.1, 0.15) is 43.7 Å². The monoisotopic (exact) mass is 296 g/mol. The predicted molar refractivity (Wildman–Crippen MR) is 81.8 cm³/mol. The Kier molecular flexibility index (Phi) is 5.57. The molecule has 1 aromatic rings. The molecule has 1 saturated carbocycles. The molecule has 0 amide bonds. The summed E-state index contributed by atoms with van der Waals surface area (Å²) in [5.74, 6) is 0.0625. The van der Waals surface area contributed by atoms with Crippen LogP contribution in [0.15, 0.2) is 24.3 Å². The second-order valence-electron chi connectivity index (χ2n) is 5.48. The van der Waals surface area contributed by atoms with Crippen LogP contribution >= 0.6 is 0 Å². The molecule has 2 rings (SSSR count). The Morgan fingerprint density at radius 1 is 1.15 bits per heavy atom. The van der Waals surface area contributed by atoms with Crippen molar-refractivity contribution in [2.75, 3.05) is 6.54 Å². The van der Waals surface area contributed by atoms with Gasteiger partial charge in [0, 0.05) is 19.1 Å². The van der Waals surface area contributed by atoms with Crippen molar-refractivity contribution in [3.8, 4) is 0 Å². The lowest BCUT2D eigenvalue weighted by atomic mass is 10.1.